The molecule has 3 N–H and O–H groups in total. The molecule has 0 amide bonds. The first kappa shape index (κ1) is 14.3. The van der Waals surface area contributed by atoms with E-state index in [4.69, 9.17) is 5.73 Å². The van der Waals surface area contributed by atoms with Crippen molar-refractivity contribution in [1.82, 2.24) is 4.98 Å². The Hall–Kier alpha value is -1.60. The van der Waals surface area contributed by atoms with Crippen LogP contribution < -0.4 is 10.5 Å². The van der Waals surface area contributed by atoms with Gasteiger partial charge >= 0.3 is 0 Å². The number of hydrogen-bond acceptors (Lipinski definition) is 5. The lowest BCUT2D eigenvalue weighted by molar-refractivity contribution is 0.600. The van der Waals surface area contributed by atoms with Crippen LogP contribution in [0.2, 0.25) is 0 Å². The van der Waals surface area contributed by atoms with Crippen molar-refractivity contribution in [3.05, 3.63) is 33.8 Å². The van der Waals surface area contributed by atoms with Gasteiger partial charge in [0.25, 0.3) is 10.0 Å². The fraction of sp³-hybridized carbons (Fsp3) is 0.357. The van der Waals surface area contributed by atoms with Gasteiger partial charge in [0.1, 0.15) is 0 Å². The van der Waals surface area contributed by atoms with E-state index in [-0.39, 0.29) is 4.90 Å². The molecule has 2 aromatic rings. The van der Waals surface area contributed by atoms with Gasteiger partial charge < -0.3 is 5.73 Å². The summed E-state index contributed by atoms with van der Waals surface area (Å²) >= 11 is 1.43. The van der Waals surface area contributed by atoms with Crippen LogP contribution in [0.15, 0.2) is 17.0 Å². The zero-order chi connectivity index (χ0) is 15.2. The number of nitrogens with one attached hydrogen (secondary N) is 1. The van der Waals surface area contributed by atoms with Crippen LogP contribution >= 0.6 is 11.3 Å². The molecule has 0 unspecified atom stereocenters. The van der Waals surface area contributed by atoms with Crippen LogP contribution in [0.1, 0.15) is 28.1 Å². The van der Waals surface area contributed by atoms with E-state index < -0.39 is 10.0 Å². The lowest BCUT2D eigenvalue weighted by atomic mass is 10.1. The highest BCUT2D eigenvalue weighted by molar-refractivity contribution is 7.93. The van der Waals surface area contributed by atoms with E-state index in [0.717, 1.165) is 30.5 Å². The predicted molar refractivity (Wildman–Crippen MR) is 85.3 cm³/mol. The normalized spacial score (nSPS) is 14.2. The molecular formula is C14H17N3O2S2. The largest absolute Gasteiger partial charge is 0.398 e. The summed E-state index contributed by atoms with van der Waals surface area (Å²) in [4.78, 5) is 5.78. The molecule has 21 heavy (non-hydrogen) atoms. The summed E-state index contributed by atoms with van der Waals surface area (Å²) in [5.41, 5.74) is 8.76. The van der Waals surface area contributed by atoms with Gasteiger partial charge in [-0.2, -0.15) is 0 Å². The van der Waals surface area contributed by atoms with Gasteiger partial charge in [0, 0.05) is 10.6 Å². The van der Waals surface area contributed by atoms with E-state index in [1.807, 2.05) is 6.92 Å². The van der Waals surface area contributed by atoms with Crippen LogP contribution in [0, 0.1) is 13.8 Å². The Balaban J connectivity index is 1.97. The molecule has 0 radical (unpaired) electrons. The van der Waals surface area contributed by atoms with Crippen molar-refractivity contribution in [2.45, 2.75) is 38.0 Å². The summed E-state index contributed by atoms with van der Waals surface area (Å²) in [6.07, 6.45) is 3.03. The summed E-state index contributed by atoms with van der Waals surface area (Å²) in [6.45, 7) is 3.54. The quantitative estimate of drug-likeness (QED) is 0.850. The Labute approximate surface area is 128 Å². The second-order valence-electron chi connectivity index (χ2n) is 5.33. The third kappa shape index (κ3) is 2.63. The Morgan fingerprint density at radius 3 is 2.76 bits per heavy atom. The Bertz CT molecular complexity index is 788. The zero-order valence-electron chi connectivity index (χ0n) is 11.9. The summed E-state index contributed by atoms with van der Waals surface area (Å²) in [5.74, 6) is 0. The van der Waals surface area contributed by atoms with Crippen molar-refractivity contribution in [3.63, 3.8) is 0 Å². The highest BCUT2D eigenvalue weighted by atomic mass is 32.2. The topological polar surface area (TPSA) is 85.1 Å². The molecule has 1 aliphatic carbocycles. The van der Waals surface area contributed by atoms with Gasteiger partial charge in [-0.3, -0.25) is 4.72 Å². The van der Waals surface area contributed by atoms with Crippen molar-refractivity contribution in [3.8, 4) is 0 Å². The molecule has 0 saturated carbocycles. The smallest absolute Gasteiger partial charge is 0.264 e. The number of rotatable bonds is 3. The van der Waals surface area contributed by atoms with Crippen LogP contribution in [0.4, 0.5) is 10.8 Å². The SMILES string of the molecule is Cc1cc(N)c(C)c(S(=O)(=O)Nc2nc3c(s2)CCC3)c1. The monoisotopic (exact) mass is 323 g/mol. The van der Waals surface area contributed by atoms with E-state index in [1.54, 1.807) is 19.1 Å². The average Bonchev–Trinajstić information content (AvgIpc) is 2.93. The second kappa shape index (κ2) is 4.99. The fourth-order valence-corrected chi connectivity index (χ4v) is 5.18. The van der Waals surface area contributed by atoms with Gasteiger partial charge in [-0.05, 0) is 56.4 Å². The maximum Gasteiger partial charge on any atom is 0.264 e. The van der Waals surface area contributed by atoms with Gasteiger partial charge in [0.2, 0.25) is 0 Å². The molecule has 0 aliphatic heterocycles. The van der Waals surface area contributed by atoms with Gasteiger partial charge in [-0.25, -0.2) is 13.4 Å². The molecule has 112 valence electrons. The number of nitrogen functional groups attached to an aromatic ring is 1. The van der Waals surface area contributed by atoms with E-state index >= 15 is 0 Å². The molecule has 1 heterocycles. The Kier molecular flexibility index (Phi) is 3.41. The van der Waals surface area contributed by atoms with E-state index in [9.17, 15) is 8.42 Å². The number of anilines is 2. The Morgan fingerprint density at radius 2 is 2.05 bits per heavy atom. The number of fused-ring (bicyclic) bond motifs is 1. The summed E-state index contributed by atoms with van der Waals surface area (Å²) in [7, 11) is -3.66. The summed E-state index contributed by atoms with van der Waals surface area (Å²) < 4.78 is 27.7. The number of sulfonamides is 1. The molecular weight excluding hydrogens is 306 g/mol. The highest BCUT2D eigenvalue weighted by Crippen LogP contribution is 2.32. The fourth-order valence-electron chi connectivity index (χ4n) is 2.54. The van der Waals surface area contributed by atoms with Crippen LogP contribution in [-0.4, -0.2) is 13.4 Å². The molecule has 0 saturated heterocycles. The molecule has 1 aromatic heterocycles. The summed E-state index contributed by atoms with van der Waals surface area (Å²) in [6, 6.07) is 3.40. The molecule has 7 heteroatoms. The first-order chi connectivity index (χ1) is 9.87. The van der Waals surface area contributed by atoms with Gasteiger partial charge in [-0.1, -0.05) is 0 Å². The number of aryl methyl sites for hydroxylation is 3. The number of nitrogens with two attached hydrogens (primary N) is 1. The lowest BCUT2D eigenvalue weighted by Gasteiger charge is -2.11. The molecule has 3 rings (SSSR count). The predicted octanol–water partition coefficient (Wildman–Crippen LogP) is 2.63. The van der Waals surface area contributed by atoms with Crippen molar-refractivity contribution in [1.29, 1.82) is 0 Å². The number of nitrogens with zero attached hydrogens (tertiary/aromatic N) is 1. The number of benzene rings is 1. The van der Waals surface area contributed by atoms with E-state index in [2.05, 4.69) is 9.71 Å². The minimum atomic E-state index is -3.66. The Morgan fingerprint density at radius 1 is 1.29 bits per heavy atom. The van der Waals surface area contributed by atoms with E-state index in [1.165, 1.54) is 16.2 Å². The lowest BCUT2D eigenvalue weighted by Crippen LogP contribution is -2.15. The van der Waals surface area contributed by atoms with Crippen molar-refractivity contribution in [2.24, 2.45) is 0 Å². The number of aromatic nitrogens is 1. The maximum absolute atomic E-state index is 12.6. The molecule has 5 nitrogen and oxygen atoms in total. The van der Waals surface area contributed by atoms with Gasteiger partial charge in [0.05, 0.1) is 10.6 Å². The van der Waals surface area contributed by atoms with E-state index in [0.29, 0.717) is 16.4 Å². The first-order valence-corrected chi connectivity index (χ1v) is 9.05. The average molecular weight is 323 g/mol. The molecule has 0 fully saturated rings. The third-order valence-electron chi connectivity index (χ3n) is 3.65. The molecule has 0 bridgehead atoms. The maximum atomic E-state index is 12.6. The minimum Gasteiger partial charge on any atom is -0.398 e. The van der Waals surface area contributed by atoms with Crippen molar-refractivity contribution >= 4 is 32.2 Å². The molecule has 1 aromatic carbocycles. The van der Waals surface area contributed by atoms with Crippen LogP contribution in [0.25, 0.3) is 0 Å². The highest BCUT2D eigenvalue weighted by Gasteiger charge is 2.23. The number of thiazole rings is 1. The summed E-state index contributed by atoms with van der Waals surface area (Å²) in [5, 5.41) is 0.444. The first-order valence-electron chi connectivity index (χ1n) is 6.75. The minimum absolute atomic E-state index is 0.218. The van der Waals surface area contributed by atoms with Crippen LogP contribution in [0.5, 0.6) is 0 Å². The zero-order valence-corrected chi connectivity index (χ0v) is 13.6. The number of hydrogen-bond donors (Lipinski definition) is 2. The third-order valence-corrected chi connectivity index (χ3v) is 6.32. The standard InChI is InChI=1S/C14H17N3O2S2/c1-8-6-10(15)9(2)13(7-8)21(18,19)17-14-16-11-4-3-5-12(11)20-14/h6-7H,3-5,15H2,1-2H3,(H,16,17). The molecule has 0 spiro atoms. The van der Waals surface area contributed by atoms with Gasteiger partial charge in [0.15, 0.2) is 5.13 Å². The molecule has 1 aliphatic rings. The van der Waals surface area contributed by atoms with Crippen molar-refractivity contribution < 1.29 is 8.42 Å². The van der Waals surface area contributed by atoms with Gasteiger partial charge in [-0.15, -0.1) is 11.3 Å². The van der Waals surface area contributed by atoms with Crippen LogP contribution in [0.3, 0.4) is 0 Å². The van der Waals surface area contributed by atoms with Crippen LogP contribution in [-0.2, 0) is 22.9 Å². The van der Waals surface area contributed by atoms with Crippen molar-refractivity contribution in [2.75, 3.05) is 10.5 Å². The molecule has 0 atom stereocenters. The second-order valence-corrected chi connectivity index (χ2v) is 8.06.